The Morgan fingerprint density at radius 1 is 0.741 bits per heavy atom. The number of hydrogen-bond donors (Lipinski definition) is 0. The lowest BCUT2D eigenvalue weighted by Crippen LogP contribution is -2.09. The maximum Gasteiger partial charge on any atom is 0.344 e. The molecule has 3 aromatic rings. The number of carbonyl (C=O) groups excluding carboxylic acids is 3. The Labute approximate surface area is 152 Å². The van der Waals surface area contributed by atoms with Crippen molar-refractivity contribution in [2.75, 3.05) is 0 Å². The van der Waals surface area contributed by atoms with Crippen molar-refractivity contribution < 1.29 is 33.0 Å². The van der Waals surface area contributed by atoms with Crippen LogP contribution in [-0.2, 0) is 14.4 Å². The standard InChI is InChI=1S/C19H14O8/c1-9(20)24-12-4-5-13-14-7-17(25-10(2)21)18(26-11(3)22)8-15(14)19(23)27-16(13)6-12/h4-8H,1-3H3. The van der Waals surface area contributed by atoms with Crippen molar-refractivity contribution in [3.8, 4) is 17.2 Å². The van der Waals surface area contributed by atoms with Gasteiger partial charge in [0.25, 0.3) is 0 Å². The first kappa shape index (κ1) is 18.1. The molecule has 1 aromatic heterocycles. The molecule has 27 heavy (non-hydrogen) atoms. The van der Waals surface area contributed by atoms with E-state index in [2.05, 4.69) is 0 Å². The van der Waals surface area contributed by atoms with Crippen molar-refractivity contribution in [1.29, 1.82) is 0 Å². The van der Waals surface area contributed by atoms with Crippen molar-refractivity contribution in [2.24, 2.45) is 0 Å². The van der Waals surface area contributed by atoms with E-state index in [1.165, 1.54) is 45.0 Å². The van der Waals surface area contributed by atoms with E-state index in [9.17, 15) is 19.2 Å². The summed E-state index contributed by atoms with van der Waals surface area (Å²) in [5.74, 6) is -1.64. The Kier molecular flexibility index (Phi) is 4.64. The first-order chi connectivity index (χ1) is 12.7. The van der Waals surface area contributed by atoms with Gasteiger partial charge in [-0.05, 0) is 24.3 Å². The third-order valence-corrected chi connectivity index (χ3v) is 3.52. The third-order valence-electron chi connectivity index (χ3n) is 3.52. The van der Waals surface area contributed by atoms with Crippen LogP contribution in [0.5, 0.6) is 17.2 Å². The fourth-order valence-corrected chi connectivity index (χ4v) is 2.61. The molecule has 0 radical (unpaired) electrons. The second-order valence-electron chi connectivity index (χ2n) is 5.67. The van der Waals surface area contributed by atoms with Crippen LogP contribution in [0.4, 0.5) is 0 Å². The van der Waals surface area contributed by atoms with Crippen LogP contribution < -0.4 is 19.8 Å². The van der Waals surface area contributed by atoms with Crippen molar-refractivity contribution in [2.45, 2.75) is 20.8 Å². The highest BCUT2D eigenvalue weighted by Crippen LogP contribution is 2.35. The lowest BCUT2D eigenvalue weighted by molar-refractivity contribution is -0.134. The molecule has 0 N–H and O–H groups in total. The molecule has 0 saturated heterocycles. The fraction of sp³-hybridized carbons (Fsp3) is 0.158. The van der Waals surface area contributed by atoms with Gasteiger partial charge in [0.2, 0.25) is 0 Å². The molecule has 1 heterocycles. The molecule has 8 heteroatoms. The molecule has 0 unspecified atom stereocenters. The Bertz CT molecular complexity index is 1160. The average molecular weight is 370 g/mol. The molecular formula is C19H14O8. The van der Waals surface area contributed by atoms with Gasteiger partial charge in [0.15, 0.2) is 11.5 Å². The summed E-state index contributed by atoms with van der Waals surface area (Å²) in [7, 11) is 0. The Balaban J connectivity index is 2.29. The zero-order valence-electron chi connectivity index (χ0n) is 14.7. The van der Waals surface area contributed by atoms with E-state index in [1.807, 2.05) is 0 Å². The summed E-state index contributed by atoms with van der Waals surface area (Å²) in [5.41, 5.74) is -0.513. The fourth-order valence-electron chi connectivity index (χ4n) is 2.61. The SMILES string of the molecule is CC(=O)Oc1ccc2c(c1)oc(=O)c1cc(OC(C)=O)c(OC(C)=O)cc12. The zero-order chi connectivity index (χ0) is 19.7. The van der Waals surface area contributed by atoms with E-state index in [0.29, 0.717) is 10.8 Å². The Morgan fingerprint density at radius 2 is 1.30 bits per heavy atom. The lowest BCUT2D eigenvalue weighted by atomic mass is 10.1. The summed E-state index contributed by atoms with van der Waals surface area (Å²) in [6, 6.07) is 7.24. The topological polar surface area (TPSA) is 109 Å². The number of esters is 3. The minimum Gasteiger partial charge on any atom is -0.427 e. The predicted molar refractivity (Wildman–Crippen MR) is 93.9 cm³/mol. The second kappa shape index (κ2) is 6.91. The number of benzene rings is 2. The van der Waals surface area contributed by atoms with Gasteiger partial charge in [0.1, 0.15) is 11.3 Å². The second-order valence-corrected chi connectivity index (χ2v) is 5.67. The van der Waals surface area contributed by atoms with E-state index in [1.54, 1.807) is 6.07 Å². The highest BCUT2D eigenvalue weighted by Gasteiger charge is 2.17. The van der Waals surface area contributed by atoms with Crippen molar-refractivity contribution >= 4 is 39.6 Å². The molecule has 0 aliphatic heterocycles. The molecule has 8 nitrogen and oxygen atoms in total. The van der Waals surface area contributed by atoms with Crippen molar-refractivity contribution in [1.82, 2.24) is 0 Å². The van der Waals surface area contributed by atoms with Gasteiger partial charge >= 0.3 is 23.5 Å². The van der Waals surface area contributed by atoms with E-state index in [4.69, 9.17) is 18.6 Å². The van der Waals surface area contributed by atoms with Crippen molar-refractivity contribution in [3.05, 3.63) is 40.8 Å². The van der Waals surface area contributed by atoms with Gasteiger partial charge in [-0.3, -0.25) is 14.4 Å². The van der Waals surface area contributed by atoms with Crippen LogP contribution in [0.15, 0.2) is 39.5 Å². The highest BCUT2D eigenvalue weighted by molar-refractivity contribution is 6.06. The molecule has 138 valence electrons. The summed E-state index contributed by atoms with van der Waals surface area (Å²) in [4.78, 5) is 46.2. The summed E-state index contributed by atoms with van der Waals surface area (Å²) in [5, 5.41) is 1.07. The molecule has 0 amide bonds. The van der Waals surface area contributed by atoms with Crippen LogP contribution >= 0.6 is 0 Å². The molecule has 0 bridgehead atoms. The van der Waals surface area contributed by atoms with E-state index in [0.717, 1.165) is 0 Å². The molecule has 0 spiro atoms. The maximum absolute atomic E-state index is 12.4. The molecule has 0 aliphatic carbocycles. The van der Waals surface area contributed by atoms with Gasteiger partial charge in [-0.25, -0.2) is 4.79 Å². The van der Waals surface area contributed by atoms with Gasteiger partial charge < -0.3 is 18.6 Å². The molecule has 0 aliphatic rings. The summed E-state index contributed by atoms with van der Waals surface area (Å²) < 4.78 is 20.4. The normalized spacial score (nSPS) is 10.6. The monoisotopic (exact) mass is 370 g/mol. The molecular weight excluding hydrogens is 356 g/mol. The number of ether oxygens (including phenoxy) is 3. The number of fused-ring (bicyclic) bond motifs is 3. The van der Waals surface area contributed by atoms with Crippen LogP contribution in [0, 0.1) is 0 Å². The smallest absolute Gasteiger partial charge is 0.344 e. The van der Waals surface area contributed by atoms with Gasteiger partial charge in [-0.1, -0.05) is 0 Å². The maximum atomic E-state index is 12.4. The third kappa shape index (κ3) is 3.79. The summed E-state index contributed by atoms with van der Waals surface area (Å²) >= 11 is 0. The molecule has 0 atom stereocenters. The number of rotatable bonds is 3. The molecule has 0 fully saturated rings. The lowest BCUT2D eigenvalue weighted by Gasteiger charge is -2.11. The summed E-state index contributed by atoms with van der Waals surface area (Å²) in [6.45, 7) is 3.63. The molecule has 3 rings (SSSR count). The Morgan fingerprint density at radius 3 is 1.85 bits per heavy atom. The van der Waals surface area contributed by atoms with E-state index >= 15 is 0 Å². The van der Waals surface area contributed by atoms with Crippen molar-refractivity contribution in [3.63, 3.8) is 0 Å². The molecule has 2 aromatic carbocycles. The van der Waals surface area contributed by atoms with Crippen LogP contribution in [0.25, 0.3) is 21.7 Å². The summed E-state index contributed by atoms with van der Waals surface area (Å²) in [6.07, 6.45) is 0. The Hall–Kier alpha value is -3.68. The first-order valence-electron chi connectivity index (χ1n) is 7.84. The van der Waals surface area contributed by atoms with Gasteiger partial charge in [0.05, 0.1) is 5.39 Å². The van der Waals surface area contributed by atoms with Gasteiger partial charge in [-0.2, -0.15) is 0 Å². The minimum absolute atomic E-state index is 0.0128. The average Bonchev–Trinajstić information content (AvgIpc) is 2.54. The molecule has 0 saturated carbocycles. The van der Waals surface area contributed by atoms with E-state index < -0.39 is 23.5 Å². The zero-order valence-corrected chi connectivity index (χ0v) is 14.7. The minimum atomic E-state index is -0.694. The van der Waals surface area contributed by atoms with Gasteiger partial charge in [0, 0.05) is 37.6 Å². The number of carbonyl (C=O) groups is 3. The first-order valence-corrected chi connectivity index (χ1v) is 7.84. The van der Waals surface area contributed by atoms with E-state index in [-0.39, 0.29) is 28.2 Å². The van der Waals surface area contributed by atoms with Crippen LogP contribution in [-0.4, -0.2) is 17.9 Å². The number of hydrogen-bond acceptors (Lipinski definition) is 8. The van der Waals surface area contributed by atoms with Crippen LogP contribution in [0.1, 0.15) is 20.8 Å². The predicted octanol–water partition coefficient (Wildman–Crippen LogP) is 2.72. The quantitative estimate of drug-likeness (QED) is 0.300. The highest BCUT2D eigenvalue weighted by atomic mass is 16.6. The largest absolute Gasteiger partial charge is 0.427 e. The van der Waals surface area contributed by atoms with Crippen LogP contribution in [0.3, 0.4) is 0 Å². The van der Waals surface area contributed by atoms with Crippen LogP contribution in [0.2, 0.25) is 0 Å². The van der Waals surface area contributed by atoms with Gasteiger partial charge in [-0.15, -0.1) is 0 Å².